The number of nitrogens with zero attached hydrogens (tertiary/aromatic N) is 2. The standard InChI is InChI=1S/C21H17ClN4O2/c1-13-3-5-14(6-4-13)20-16(12-24-26-20)9-15(11-23)21(27)25-18-10-17(22)7-8-19(18)28-2/h3-10,12H,1-2H3,(H,24,26)(H,25,27)/b15-9+. The van der Waals surface area contributed by atoms with E-state index >= 15 is 0 Å². The number of carbonyl (C=O) groups is 1. The van der Waals surface area contributed by atoms with Crippen LogP contribution in [0.3, 0.4) is 0 Å². The highest BCUT2D eigenvalue weighted by molar-refractivity contribution is 6.31. The van der Waals surface area contributed by atoms with Gasteiger partial charge in [-0.3, -0.25) is 9.89 Å². The van der Waals surface area contributed by atoms with Gasteiger partial charge in [-0.15, -0.1) is 0 Å². The van der Waals surface area contributed by atoms with E-state index < -0.39 is 5.91 Å². The summed E-state index contributed by atoms with van der Waals surface area (Å²) >= 11 is 5.99. The van der Waals surface area contributed by atoms with E-state index in [1.165, 1.54) is 13.2 Å². The molecule has 0 aliphatic carbocycles. The summed E-state index contributed by atoms with van der Waals surface area (Å²) in [4.78, 5) is 12.6. The average Bonchev–Trinajstić information content (AvgIpc) is 3.15. The molecule has 0 bridgehead atoms. The Morgan fingerprint density at radius 1 is 1.29 bits per heavy atom. The van der Waals surface area contributed by atoms with Crippen LogP contribution in [0.15, 0.2) is 54.2 Å². The zero-order valence-corrected chi connectivity index (χ0v) is 16.0. The second kappa shape index (κ2) is 8.42. The third-order valence-electron chi connectivity index (χ3n) is 4.08. The van der Waals surface area contributed by atoms with Crippen LogP contribution in [-0.4, -0.2) is 23.2 Å². The molecule has 0 radical (unpaired) electrons. The van der Waals surface area contributed by atoms with Gasteiger partial charge in [-0.2, -0.15) is 10.4 Å². The summed E-state index contributed by atoms with van der Waals surface area (Å²) in [5, 5.41) is 19.5. The minimum Gasteiger partial charge on any atom is -0.495 e. The summed E-state index contributed by atoms with van der Waals surface area (Å²) in [6, 6.07) is 14.6. The molecule has 0 fully saturated rings. The summed E-state index contributed by atoms with van der Waals surface area (Å²) in [6.07, 6.45) is 3.06. The molecule has 140 valence electrons. The van der Waals surface area contributed by atoms with Gasteiger partial charge < -0.3 is 10.1 Å². The number of methoxy groups -OCH3 is 1. The lowest BCUT2D eigenvalue weighted by atomic mass is 10.0. The Morgan fingerprint density at radius 2 is 2.04 bits per heavy atom. The fraction of sp³-hybridized carbons (Fsp3) is 0.0952. The van der Waals surface area contributed by atoms with Gasteiger partial charge in [-0.05, 0) is 31.2 Å². The fourth-order valence-corrected chi connectivity index (χ4v) is 2.80. The van der Waals surface area contributed by atoms with Gasteiger partial charge in [-0.25, -0.2) is 0 Å². The number of anilines is 1. The zero-order chi connectivity index (χ0) is 20.1. The Labute approximate surface area is 167 Å². The number of carbonyl (C=O) groups excluding carboxylic acids is 1. The van der Waals surface area contributed by atoms with Crippen molar-refractivity contribution in [1.82, 2.24) is 10.2 Å². The van der Waals surface area contributed by atoms with Gasteiger partial charge in [0, 0.05) is 16.1 Å². The van der Waals surface area contributed by atoms with Crippen molar-refractivity contribution in [2.75, 3.05) is 12.4 Å². The Kier molecular flexibility index (Phi) is 5.78. The molecule has 3 aromatic rings. The highest BCUT2D eigenvalue weighted by atomic mass is 35.5. The molecule has 0 atom stereocenters. The van der Waals surface area contributed by atoms with Crippen molar-refractivity contribution in [3.63, 3.8) is 0 Å². The van der Waals surface area contributed by atoms with Crippen molar-refractivity contribution in [3.8, 4) is 23.1 Å². The molecule has 2 N–H and O–H groups in total. The van der Waals surface area contributed by atoms with E-state index in [9.17, 15) is 10.1 Å². The summed E-state index contributed by atoms with van der Waals surface area (Å²) in [5.74, 6) is -0.127. The lowest BCUT2D eigenvalue weighted by Gasteiger charge is -2.10. The first-order chi connectivity index (χ1) is 13.5. The number of ether oxygens (including phenoxy) is 1. The van der Waals surface area contributed by atoms with E-state index in [0.29, 0.717) is 22.0 Å². The van der Waals surface area contributed by atoms with Gasteiger partial charge in [0.2, 0.25) is 0 Å². The van der Waals surface area contributed by atoms with Crippen molar-refractivity contribution in [2.24, 2.45) is 0 Å². The molecular weight excluding hydrogens is 376 g/mol. The minimum absolute atomic E-state index is 0.0724. The maximum atomic E-state index is 12.6. The summed E-state index contributed by atoms with van der Waals surface area (Å²) in [7, 11) is 1.49. The molecule has 1 heterocycles. The number of nitriles is 1. The SMILES string of the molecule is COc1ccc(Cl)cc1NC(=O)/C(C#N)=C/c1cn[nH]c1-c1ccc(C)cc1. The van der Waals surface area contributed by atoms with E-state index in [1.54, 1.807) is 24.4 Å². The molecule has 7 heteroatoms. The van der Waals surface area contributed by atoms with Gasteiger partial charge >= 0.3 is 0 Å². The van der Waals surface area contributed by atoms with Crippen molar-refractivity contribution in [3.05, 3.63) is 70.4 Å². The molecule has 28 heavy (non-hydrogen) atoms. The molecule has 0 aliphatic rings. The second-order valence-electron chi connectivity index (χ2n) is 6.03. The topological polar surface area (TPSA) is 90.8 Å². The minimum atomic E-state index is -0.570. The Morgan fingerprint density at radius 3 is 2.71 bits per heavy atom. The summed E-state index contributed by atoms with van der Waals surface area (Å²) < 4.78 is 5.22. The molecule has 3 rings (SSSR count). The maximum Gasteiger partial charge on any atom is 0.266 e. The number of amides is 1. The number of hydrogen-bond acceptors (Lipinski definition) is 4. The molecule has 2 aromatic carbocycles. The maximum absolute atomic E-state index is 12.6. The van der Waals surface area contributed by atoms with E-state index in [-0.39, 0.29) is 5.57 Å². The third kappa shape index (κ3) is 4.22. The number of nitrogens with one attached hydrogen (secondary N) is 2. The number of hydrogen-bond donors (Lipinski definition) is 2. The molecule has 6 nitrogen and oxygen atoms in total. The number of rotatable bonds is 5. The van der Waals surface area contributed by atoms with Crippen LogP contribution >= 0.6 is 11.6 Å². The molecule has 0 saturated carbocycles. The quantitative estimate of drug-likeness (QED) is 0.490. The third-order valence-corrected chi connectivity index (χ3v) is 4.32. The van der Waals surface area contributed by atoms with Crippen LogP contribution < -0.4 is 10.1 Å². The summed E-state index contributed by atoms with van der Waals surface area (Å²) in [6.45, 7) is 2.00. The van der Waals surface area contributed by atoms with E-state index in [4.69, 9.17) is 16.3 Å². The molecule has 0 spiro atoms. The molecule has 0 saturated heterocycles. The van der Waals surface area contributed by atoms with Crippen molar-refractivity contribution >= 4 is 29.3 Å². The Hall–Kier alpha value is -3.56. The van der Waals surface area contributed by atoms with Crippen LogP contribution in [0.4, 0.5) is 5.69 Å². The van der Waals surface area contributed by atoms with E-state index in [1.807, 2.05) is 37.3 Å². The number of halogens is 1. The van der Waals surface area contributed by atoms with Gasteiger partial charge in [0.05, 0.1) is 24.7 Å². The van der Waals surface area contributed by atoms with Crippen LogP contribution in [0.25, 0.3) is 17.3 Å². The fourth-order valence-electron chi connectivity index (χ4n) is 2.63. The van der Waals surface area contributed by atoms with Gasteiger partial charge in [0.1, 0.15) is 17.4 Å². The monoisotopic (exact) mass is 392 g/mol. The van der Waals surface area contributed by atoms with Crippen LogP contribution in [0.2, 0.25) is 5.02 Å². The van der Waals surface area contributed by atoms with Crippen LogP contribution in [0, 0.1) is 18.3 Å². The van der Waals surface area contributed by atoms with Crippen LogP contribution in [0.5, 0.6) is 5.75 Å². The van der Waals surface area contributed by atoms with Crippen LogP contribution in [0.1, 0.15) is 11.1 Å². The number of benzene rings is 2. The Bertz CT molecular complexity index is 1080. The number of aryl methyl sites for hydroxylation is 1. The first-order valence-corrected chi connectivity index (χ1v) is 8.76. The smallest absolute Gasteiger partial charge is 0.266 e. The molecule has 0 unspecified atom stereocenters. The molecule has 0 aliphatic heterocycles. The molecule has 1 aromatic heterocycles. The van der Waals surface area contributed by atoms with Crippen molar-refractivity contribution < 1.29 is 9.53 Å². The molecule has 1 amide bonds. The Balaban J connectivity index is 1.90. The first-order valence-electron chi connectivity index (χ1n) is 8.39. The van der Waals surface area contributed by atoms with Crippen LogP contribution in [-0.2, 0) is 4.79 Å². The largest absolute Gasteiger partial charge is 0.495 e. The van der Waals surface area contributed by atoms with Gasteiger partial charge in [0.15, 0.2) is 0 Å². The predicted octanol–water partition coefficient (Wildman–Crippen LogP) is 4.59. The molecular formula is C21H17ClN4O2. The highest BCUT2D eigenvalue weighted by Crippen LogP contribution is 2.28. The van der Waals surface area contributed by atoms with E-state index in [0.717, 1.165) is 16.8 Å². The number of aromatic nitrogens is 2. The lowest BCUT2D eigenvalue weighted by Crippen LogP contribution is -2.14. The summed E-state index contributed by atoms with van der Waals surface area (Å²) in [5.41, 5.74) is 3.70. The van der Waals surface area contributed by atoms with Gasteiger partial charge in [0.25, 0.3) is 5.91 Å². The first kappa shape index (κ1) is 19.2. The van der Waals surface area contributed by atoms with E-state index in [2.05, 4.69) is 15.5 Å². The van der Waals surface area contributed by atoms with Crippen molar-refractivity contribution in [2.45, 2.75) is 6.92 Å². The van der Waals surface area contributed by atoms with Crippen molar-refractivity contribution in [1.29, 1.82) is 5.26 Å². The zero-order valence-electron chi connectivity index (χ0n) is 15.3. The number of H-pyrrole nitrogens is 1. The highest BCUT2D eigenvalue weighted by Gasteiger charge is 2.15. The average molecular weight is 393 g/mol. The lowest BCUT2D eigenvalue weighted by molar-refractivity contribution is -0.112. The predicted molar refractivity (Wildman–Crippen MR) is 109 cm³/mol. The number of aromatic amines is 1. The normalized spacial score (nSPS) is 11.0. The second-order valence-corrected chi connectivity index (χ2v) is 6.47. The van der Waals surface area contributed by atoms with Gasteiger partial charge in [-0.1, -0.05) is 41.4 Å².